The molecule has 0 radical (unpaired) electrons. The molecule has 1 aliphatic heterocycles. The van der Waals surface area contributed by atoms with E-state index in [0.29, 0.717) is 12.8 Å². The molecule has 2 amide bonds. The molecule has 1 fully saturated rings. The van der Waals surface area contributed by atoms with E-state index in [-0.39, 0.29) is 19.1 Å². The van der Waals surface area contributed by atoms with Crippen molar-refractivity contribution < 1.29 is 24.2 Å². The molecule has 7 nitrogen and oxygen atoms in total. The van der Waals surface area contributed by atoms with Crippen molar-refractivity contribution in [1.82, 2.24) is 10.2 Å². The van der Waals surface area contributed by atoms with Crippen molar-refractivity contribution in [2.24, 2.45) is 0 Å². The molecule has 0 saturated carbocycles. The number of hydrogen-bond donors (Lipinski definition) is 2. The summed E-state index contributed by atoms with van der Waals surface area (Å²) in [5, 5.41) is 11.8. The number of amides is 2. The molecule has 0 bridgehead atoms. The molecule has 1 aromatic carbocycles. The fourth-order valence-corrected chi connectivity index (χ4v) is 2.91. The molecule has 2 N–H and O–H groups in total. The average molecular weight is 348 g/mol. The second-order valence-electron chi connectivity index (χ2n) is 6.16. The number of carboxylic acids is 1. The normalized spacial score (nSPS) is 21.7. The number of carbonyl (C=O) groups excluding carboxylic acids is 2. The maximum absolute atomic E-state index is 12.7. The first kappa shape index (κ1) is 18.9. The largest absolute Gasteiger partial charge is 0.480 e. The van der Waals surface area contributed by atoms with Crippen LogP contribution in [0, 0.1) is 0 Å². The Morgan fingerprint density at radius 3 is 2.64 bits per heavy atom. The fourth-order valence-electron chi connectivity index (χ4n) is 2.91. The molecule has 2 rings (SSSR count). The molecule has 1 unspecified atom stereocenters. The van der Waals surface area contributed by atoms with Crippen LogP contribution >= 0.6 is 0 Å². The van der Waals surface area contributed by atoms with Gasteiger partial charge in [-0.3, -0.25) is 9.59 Å². The smallest absolute Gasteiger partial charge is 0.326 e. The van der Waals surface area contributed by atoms with Crippen molar-refractivity contribution in [3.8, 4) is 0 Å². The molecule has 0 aromatic heterocycles. The number of carbonyl (C=O) groups is 3. The number of rotatable bonds is 7. The third kappa shape index (κ3) is 4.79. The number of carboxylic acid groups (broad SMARTS) is 1. The lowest BCUT2D eigenvalue weighted by atomic mass is 10.0. The lowest BCUT2D eigenvalue weighted by Gasteiger charge is -2.39. The van der Waals surface area contributed by atoms with Crippen LogP contribution in [-0.2, 0) is 25.7 Å². The zero-order chi connectivity index (χ0) is 18.4. The predicted molar refractivity (Wildman–Crippen MR) is 90.7 cm³/mol. The second-order valence-corrected chi connectivity index (χ2v) is 6.16. The summed E-state index contributed by atoms with van der Waals surface area (Å²) in [6.45, 7) is 3.75. The van der Waals surface area contributed by atoms with Gasteiger partial charge in [0.05, 0.1) is 6.10 Å². The van der Waals surface area contributed by atoms with Gasteiger partial charge in [-0.15, -0.1) is 0 Å². The number of morpholine rings is 1. The van der Waals surface area contributed by atoms with Crippen LogP contribution in [0.5, 0.6) is 0 Å². The van der Waals surface area contributed by atoms with E-state index in [1.807, 2.05) is 37.3 Å². The highest BCUT2D eigenvalue weighted by Gasteiger charge is 2.40. The summed E-state index contributed by atoms with van der Waals surface area (Å²) in [7, 11) is 0. The Bertz CT molecular complexity index is 619. The second kappa shape index (κ2) is 8.62. The third-order valence-corrected chi connectivity index (χ3v) is 4.23. The van der Waals surface area contributed by atoms with E-state index in [1.165, 1.54) is 4.90 Å². The van der Waals surface area contributed by atoms with E-state index in [1.54, 1.807) is 6.92 Å². The first-order valence-corrected chi connectivity index (χ1v) is 8.42. The molecule has 1 heterocycles. The number of aliphatic carboxylic acids is 1. The Labute approximate surface area is 147 Å². The zero-order valence-corrected chi connectivity index (χ0v) is 14.5. The van der Waals surface area contributed by atoms with Gasteiger partial charge >= 0.3 is 5.97 Å². The molecule has 136 valence electrons. The van der Waals surface area contributed by atoms with Crippen LogP contribution in [0.2, 0.25) is 0 Å². The Hall–Kier alpha value is -2.41. The zero-order valence-electron chi connectivity index (χ0n) is 14.5. The molecule has 7 heteroatoms. The summed E-state index contributed by atoms with van der Waals surface area (Å²) in [5.74, 6) is -1.87. The van der Waals surface area contributed by atoms with Gasteiger partial charge in [0.25, 0.3) is 0 Å². The lowest BCUT2D eigenvalue weighted by molar-refractivity contribution is -0.164. The SMILES string of the molecule is CCCC(NC(=O)[C@@H]1[C@@H](C)OCC(=O)N1Cc1ccccc1)C(=O)O. The topological polar surface area (TPSA) is 95.9 Å². The minimum atomic E-state index is -1.08. The van der Waals surface area contributed by atoms with Crippen molar-refractivity contribution in [3.63, 3.8) is 0 Å². The van der Waals surface area contributed by atoms with Crippen molar-refractivity contribution in [1.29, 1.82) is 0 Å². The molecule has 1 aromatic rings. The molecule has 1 aliphatic rings. The van der Waals surface area contributed by atoms with Crippen LogP contribution < -0.4 is 5.32 Å². The van der Waals surface area contributed by atoms with Crippen LogP contribution in [-0.4, -0.2) is 52.6 Å². The maximum atomic E-state index is 12.7. The summed E-state index contributed by atoms with van der Waals surface area (Å²) in [4.78, 5) is 37.8. The van der Waals surface area contributed by atoms with Gasteiger partial charge in [-0.05, 0) is 18.9 Å². The summed E-state index contributed by atoms with van der Waals surface area (Å²) < 4.78 is 5.39. The molecule has 0 spiro atoms. The Kier molecular flexibility index (Phi) is 6.52. The van der Waals surface area contributed by atoms with Crippen molar-refractivity contribution in [2.45, 2.75) is 51.4 Å². The van der Waals surface area contributed by atoms with E-state index in [4.69, 9.17) is 4.74 Å². The molecule has 3 atom stereocenters. The highest BCUT2D eigenvalue weighted by atomic mass is 16.5. The minimum absolute atomic E-state index is 0.0882. The Morgan fingerprint density at radius 2 is 2.04 bits per heavy atom. The standard InChI is InChI=1S/C18H24N2O5/c1-3-7-14(18(23)24)19-17(22)16-12(2)25-11-15(21)20(16)10-13-8-5-4-6-9-13/h4-6,8-9,12,14,16H,3,7,10-11H2,1-2H3,(H,19,22)(H,23,24)/t12-,14?,16+/m1/s1. The van der Waals surface area contributed by atoms with Gasteiger partial charge in [0.1, 0.15) is 18.7 Å². The maximum Gasteiger partial charge on any atom is 0.326 e. The number of nitrogens with one attached hydrogen (secondary N) is 1. The Morgan fingerprint density at radius 1 is 1.36 bits per heavy atom. The molecular weight excluding hydrogens is 324 g/mol. The number of benzene rings is 1. The van der Waals surface area contributed by atoms with Gasteiger partial charge in [0.2, 0.25) is 11.8 Å². The first-order valence-electron chi connectivity index (χ1n) is 8.42. The van der Waals surface area contributed by atoms with Crippen molar-refractivity contribution in [2.75, 3.05) is 6.61 Å². The first-order chi connectivity index (χ1) is 11.9. The van der Waals surface area contributed by atoms with E-state index in [2.05, 4.69) is 5.32 Å². The van der Waals surface area contributed by atoms with Gasteiger partial charge in [-0.25, -0.2) is 4.79 Å². The van der Waals surface area contributed by atoms with Crippen LogP contribution in [0.3, 0.4) is 0 Å². The average Bonchev–Trinajstić information content (AvgIpc) is 2.58. The van der Waals surface area contributed by atoms with E-state index in [0.717, 1.165) is 5.56 Å². The van der Waals surface area contributed by atoms with Crippen LogP contribution in [0.1, 0.15) is 32.3 Å². The van der Waals surface area contributed by atoms with Crippen molar-refractivity contribution in [3.05, 3.63) is 35.9 Å². The van der Waals surface area contributed by atoms with Gasteiger partial charge in [0, 0.05) is 6.54 Å². The molecule has 0 aliphatic carbocycles. The van der Waals surface area contributed by atoms with Gasteiger partial charge in [0.15, 0.2) is 0 Å². The lowest BCUT2D eigenvalue weighted by Crippen LogP contribution is -2.61. The Balaban J connectivity index is 2.18. The number of ether oxygens (including phenoxy) is 1. The highest BCUT2D eigenvalue weighted by molar-refractivity contribution is 5.91. The summed E-state index contributed by atoms with van der Waals surface area (Å²) in [6, 6.07) is 7.51. The molecule has 25 heavy (non-hydrogen) atoms. The fraction of sp³-hybridized carbons (Fsp3) is 0.500. The van der Waals surface area contributed by atoms with Gasteiger partial charge in [-0.2, -0.15) is 0 Å². The summed E-state index contributed by atoms with van der Waals surface area (Å²) in [5.41, 5.74) is 0.895. The molecule has 1 saturated heterocycles. The van der Waals surface area contributed by atoms with Gasteiger partial charge in [-0.1, -0.05) is 43.7 Å². The van der Waals surface area contributed by atoms with E-state index in [9.17, 15) is 19.5 Å². The van der Waals surface area contributed by atoms with Crippen LogP contribution in [0.15, 0.2) is 30.3 Å². The van der Waals surface area contributed by atoms with E-state index >= 15 is 0 Å². The highest BCUT2D eigenvalue weighted by Crippen LogP contribution is 2.19. The quantitative estimate of drug-likeness (QED) is 0.771. The van der Waals surface area contributed by atoms with Gasteiger partial charge < -0.3 is 20.1 Å². The monoisotopic (exact) mass is 348 g/mol. The number of nitrogens with zero attached hydrogens (tertiary/aromatic N) is 1. The molecular formula is C18H24N2O5. The van der Waals surface area contributed by atoms with E-state index < -0.39 is 30.1 Å². The van der Waals surface area contributed by atoms with Crippen LogP contribution in [0.4, 0.5) is 0 Å². The summed E-state index contributed by atoms with van der Waals surface area (Å²) in [6.07, 6.45) is 0.438. The predicted octanol–water partition coefficient (Wildman–Crippen LogP) is 1.17. The third-order valence-electron chi connectivity index (χ3n) is 4.23. The van der Waals surface area contributed by atoms with Crippen molar-refractivity contribution >= 4 is 17.8 Å². The minimum Gasteiger partial charge on any atom is -0.480 e. The van der Waals surface area contributed by atoms with Crippen LogP contribution in [0.25, 0.3) is 0 Å². The summed E-state index contributed by atoms with van der Waals surface area (Å²) >= 11 is 0. The number of hydrogen-bond acceptors (Lipinski definition) is 4.